The molecule has 3 aromatic heterocycles. The second-order valence-corrected chi connectivity index (χ2v) is 12.2. The van der Waals surface area contributed by atoms with E-state index in [4.69, 9.17) is 16.7 Å². The highest BCUT2D eigenvalue weighted by atomic mass is 35.5. The maximum absolute atomic E-state index is 14.0. The number of carboxylic acid groups (broad SMARTS) is 1. The molecule has 0 atom stereocenters. The molecule has 210 valence electrons. The second kappa shape index (κ2) is 11.4. The van der Waals surface area contributed by atoms with Crippen LogP contribution in [0.15, 0.2) is 53.7 Å². The van der Waals surface area contributed by atoms with Gasteiger partial charge in [0.2, 0.25) is 5.28 Å². The highest BCUT2D eigenvalue weighted by molar-refractivity contribution is 7.90. The minimum Gasteiger partial charge on any atom is -0.465 e. The molecule has 0 saturated heterocycles. The SMILES string of the molecule is CCCc1cc2c(NC3CCC(NC(=O)O)CC3)c(-c3ccnc(Cl)n3)cnc2n1S(=O)(=O)c1ccc(C)cc1. The minimum atomic E-state index is -3.93. The number of nitrogens with zero attached hydrogens (tertiary/aromatic N) is 4. The summed E-state index contributed by atoms with van der Waals surface area (Å²) in [6.45, 7) is 3.92. The van der Waals surface area contributed by atoms with E-state index >= 15 is 0 Å². The number of hydrogen-bond donors (Lipinski definition) is 3. The zero-order valence-corrected chi connectivity index (χ0v) is 23.8. The minimum absolute atomic E-state index is 0.0418. The van der Waals surface area contributed by atoms with Crippen molar-refractivity contribution >= 4 is 44.4 Å². The number of hydrogen-bond acceptors (Lipinski definition) is 7. The van der Waals surface area contributed by atoms with Gasteiger partial charge in [-0.25, -0.2) is 32.1 Å². The molecule has 5 rings (SSSR count). The molecule has 40 heavy (non-hydrogen) atoms. The van der Waals surface area contributed by atoms with Crippen molar-refractivity contribution in [2.45, 2.75) is 69.4 Å². The van der Waals surface area contributed by atoms with E-state index < -0.39 is 16.1 Å². The van der Waals surface area contributed by atoms with E-state index in [9.17, 15) is 13.2 Å². The average Bonchev–Trinajstić information content (AvgIpc) is 3.29. The first-order chi connectivity index (χ1) is 19.2. The van der Waals surface area contributed by atoms with Crippen molar-refractivity contribution in [2.75, 3.05) is 5.32 Å². The van der Waals surface area contributed by atoms with Gasteiger partial charge in [-0.05, 0) is 74.9 Å². The van der Waals surface area contributed by atoms with Crippen molar-refractivity contribution in [3.05, 3.63) is 65.3 Å². The average molecular weight is 583 g/mol. The fourth-order valence-electron chi connectivity index (χ4n) is 5.29. The Balaban J connectivity index is 1.65. The Hall–Kier alpha value is -3.70. The van der Waals surface area contributed by atoms with E-state index in [1.807, 2.05) is 19.9 Å². The highest BCUT2D eigenvalue weighted by Gasteiger charge is 2.28. The standard InChI is InChI=1S/C28H31ClN6O4S/c1-3-4-20-15-22-25(32-18-7-9-19(10-8-18)33-28(36)37)23(24-13-14-30-27(29)34-24)16-31-26(22)35(20)40(38,39)21-11-5-17(2)6-12-21/h5-6,11-16,18-19,33H,3-4,7-10H2,1-2H3,(H,31,32)(H,36,37). The molecule has 1 amide bonds. The highest BCUT2D eigenvalue weighted by Crippen LogP contribution is 2.38. The second-order valence-electron chi connectivity index (χ2n) is 10.1. The quantitative estimate of drug-likeness (QED) is 0.227. The molecule has 1 fully saturated rings. The van der Waals surface area contributed by atoms with Gasteiger partial charge < -0.3 is 15.7 Å². The molecule has 1 saturated carbocycles. The van der Waals surface area contributed by atoms with Crippen molar-refractivity contribution in [3.8, 4) is 11.3 Å². The molecule has 10 nitrogen and oxygen atoms in total. The largest absolute Gasteiger partial charge is 0.465 e. The van der Waals surface area contributed by atoms with Crippen LogP contribution >= 0.6 is 11.6 Å². The Morgan fingerprint density at radius 3 is 2.45 bits per heavy atom. The van der Waals surface area contributed by atoms with Crippen molar-refractivity contribution in [2.24, 2.45) is 0 Å². The zero-order valence-electron chi connectivity index (χ0n) is 22.3. The fourth-order valence-corrected chi connectivity index (χ4v) is 6.95. The van der Waals surface area contributed by atoms with E-state index in [1.165, 1.54) is 3.97 Å². The van der Waals surface area contributed by atoms with Gasteiger partial charge in [0.1, 0.15) is 0 Å². The van der Waals surface area contributed by atoms with Crippen molar-refractivity contribution in [3.63, 3.8) is 0 Å². The summed E-state index contributed by atoms with van der Waals surface area (Å²) in [5, 5.41) is 16.1. The molecule has 0 unspecified atom stereocenters. The van der Waals surface area contributed by atoms with Crippen LogP contribution in [0.3, 0.4) is 0 Å². The third kappa shape index (κ3) is 5.62. The number of amides is 1. The molecular weight excluding hydrogens is 552 g/mol. The van der Waals surface area contributed by atoms with Gasteiger partial charge in [0, 0.05) is 41.1 Å². The lowest BCUT2D eigenvalue weighted by molar-refractivity contribution is 0.185. The molecule has 1 aliphatic rings. The van der Waals surface area contributed by atoms with Crippen LogP contribution in [-0.2, 0) is 16.4 Å². The molecule has 3 heterocycles. The van der Waals surface area contributed by atoms with Crippen molar-refractivity contribution in [1.29, 1.82) is 0 Å². The van der Waals surface area contributed by atoms with Crippen LogP contribution in [0.25, 0.3) is 22.3 Å². The molecule has 12 heteroatoms. The van der Waals surface area contributed by atoms with Crippen LogP contribution in [0.1, 0.15) is 50.3 Å². The molecule has 0 spiro atoms. The summed E-state index contributed by atoms with van der Waals surface area (Å²) in [6.07, 6.45) is 6.32. The van der Waals surface area contributed by atoms with E-state index in [0.29, 0.717) is 52.9 Å². The van der Waals surface area contributed by atoms with Gasteiger partial charge in [0.25, 0.3) is 10.0 Å². The van der Waals surface area contributed by atoms with Gasteiger partial charge in [-0.2, -0.15) is 0 Å². The lowest BCUT2D eigenvalue weighted by Gasteiger charge is -2.30. The number of nitrogens with one attached hydrogen (secondary N) is 2. The Bertz CT molecular complexity index is 1650. The van der Waals surface area contributed by atoms with Crippen molar-refractivity contribution < 1.29 is 18.3 Å². The monoisotopic (exact) mass is 582 g/mol. The molecule has 3 N–H and O–H groups in total. The number of rotatable bonds is 8. The van der Waals surface area contributed by atoms with Crippen LogP contribution in [0.2, 0.25) is 5.28 Å². The van der Waals surface area contributed by atoms with Crippen LogP contribution in [0.4, 0.5) is 10.5 Å². The maximum Gasteiger partial charge on any atom is 0.404 e. The van der Waals surface area contributed by atoms with Crippen molar-refractivity contribution in [1.82, 2.24) is 24.2 Å². The number of benzene rings is 1. The predicted octanol–water partition coefficient (Wildman–Crippen LogP) is 5.64. The zero-order chi connectivity index (χ0) is 28.4. The number of carbonyl (C=O) groups is 1. The van der Waals surface area contributed by atoms with E-state index in [2.05, 4.69) is 25.6 Å². The molecule has 4 aromatic rings. The number of anilines is 1. The molecule has 0 radical (unpaired) electrons. The van der Waals surface area contributed by atoms with Crippen LogP contribution < -0.4 is 10.6 Å². The predicted molar refractivity (Wildman–Crippen MR) is 154 cm³/mol. The van der Waals surface area contributed by atoms with Crippen LogP contribution in [-0.4, -0.2) is 50.6 Å². The molecule has 0 aliphatic heterocycles. The lowest BCUT2D eigenvalue weighted by Crippen LogP contribution is -2.39. The third-order valence-electron chi connectivity index (χ3n) is 7.23. The summed E-state index contributed by atoms with van der Waals surface area (Å²) >= 11 is 6.12. The molecule has 1 aromatic carbocycles. The number of aryl methyl sites for hydroxylation is 2. The first kappa shape index (κ1) is 27.9. The lowest BCUT2D eigenvalue weighted by atomic mass is 9.90. The van der Waals surface area contributed by atoms with E-state index in [0.717, 1.165) is 24.8 Å². The summed E-state index contributed by atoms with van der Waals surface area (Å²) in [5.74, 6) is 0. The topological polar surface area (TPSA) is 139 Å². The Morgan fingerprint density at radius 1 is 1.10 bits per heavy atom. The number of halogens is 1. The third-order valence-corrected chi connectivity index (χ3v) is 9.17. The van der Waals surface area contributed by atoms with Crippen LogP contribution in [0.5, 0.6) is 0 Å². The summed E-state index contributed by atoms with van der Waals surface area (Å²) < 4.78 is 29.3. The van der Waals surface area contributed by atoms with Gasteiger partial charge in [-0.1, -0.05) is 31.0 Å². The van der Waals surface area contributed by atoms with Crippen LogP contribution in [0, 0.1) is 6.92 Å². The van der Waals surface area contributed by atoms with Gasteiger partial charge >= 0.3 is 6.09 Å². The Kier molecular flexibility index (Phi) is 7.95. The maximum atomic E-state index is 14.0. The summed E-state index contributed by atoms with van der Waals surface area (Å²) in [4.78, 5) is 24.3. The molecular formula is C28H31ClN6O4S. The van der Waals surface area contributed by atoms with E-state index in [1.54, 1.807) is 42.7 Å². The first-order valence-corrected chi connectivity index (χ1v) is 15.1. The Morgan fingerprint density at radius 2 is 1.80 bits per heavy atom. The number of pyridine rings is 1. The summed E-state index contributed by atoms with van der Waals surface area (Å²) in [7, 11) is -3.93. The number of aromatic nitrogens is 4. The van der Waals surface area contributed by atoms with Gasteiger partial charge in [-0.3, -0.25) is 0 Å². The van der Waals surface area contributed by atoms with E-state index in [-0.39, 0.29) is 22.3 Å². The number of fused-ring (bicyclic) bond motifs is 1. The van der Waals surface area contributed by atoms with Gasteiger partial charge in [0.05, 0.1) is 16.3 Å². The smallest absolute Gasteiger partial charge is 0.404 e. The fraction of sp³-hybridized carbons (Fsp3) is 0.357. The normalized spacial score (nSPS) is 17.6. The summed E-state index contributed by atoms with van der Waals surface area (Å²) in [5.41, 5.74) is 3.89. The molecule has 1 aliphatic carbocycles. The molecule has 0 bridgehead atoms. The first-order valence-electron chi connectivity index (χ1n) is 13.3. The van der Waals surface area contributed by atoms with Gasteiger partial charge in [0.15, 0.2) is 5.65 Å². The summed E-state index contributed by atoms with van der Waals surface area (Å²) in [6, 6.07) is 10.4. The van der Waals surface area contributed by atoms with Gasteiger partial charge in [-0.15, -0.1) is 0 Å². The Labute approximate surface area is 237 Å².